The van der Waals surface area contributed by atoms with Crippen LogP contribution in [0.2, 0.25) is 0 Å². The molecule has 0 aromatic rings. The second-order valence-corrected chi connectivity index (χ2v) is 2.83. The van der Waals surface area contributed by atoms with E-state index < -0.39 is 0 Å². The Hall–Kier alpha value is -0.120. The maximum Gasteiger partial charge on any atom is 0.101 e. The van der Waals surface area contributed by atoms with Crippen LogP contribution >= 0.6 is 0 Å². The molecule has 3 nitrogen and oxygen atoms in total. The van der Waals surface area contributed by atoms with Crippen molar-refractivity contribution in [1.82, 2.24) is 0 Å². The van der Waals surface area contributed by atoms with Crippen molar-refractivity contribution in [1.29, 1.82) is 0 Å². The maximum atomic E-state index is 8.32. The standard InChI is InChI=1S/C4H8O.C3H6O2/c1-4-2-5-3-4;4-3-1-5-2-3/h4H,2-3H2,1H3;3-4H,1-2H2. The van der Waals surface area contributed by atoms with E-state index in [1.165, 1.54) is 0 Å². The molecule has 0 radical (unpaired) electrons. The van der Waals surface area contributed by atoms with Crippen LogP contribution in [-0.2, 0) is 9.47 Å². The SMILES string of the molecule is CC1COC1.OC1COC1. The Morgan fingerprint density at radius 1 is 1.10 bits per heavy atom. The lowest BCUT2D eigenvalue weighted by atomic mass is 10.2. The van der Waals surface area contributed by atoms with Crippen LogP contribution in [0.3, 0.4) is 0 Å². The van der Waals surface area contributed by atoms with E-state index in [1.54, 1.807) is 0 Å². The third-order valence-electron chi connectivity index (χ3n) is 1.43. The van der Waals surface area contributed by atoms with Crippen LogP contribution in [0, 0.1) is 5.92 Å². The second-order valence-electron chi connectivity index (χ2n) is 2.83. The minimum Gasteiger partial charge on any atom is -0.388 e. The zero-order chi connectivity index (χ0) is 7.40. The molecular weight excluding hydrogens is 132 g/mol. The van der Waals surface area contributed by atoms with Gasteiger partial charge in [-0.05, 0) is 0 Å². The minimum atomic E-state index is -0.157. The van der Waals surface area contributed by atoms with Crippen LogP contribution in [0.5, 0.6) is 0 Å². The van der Waals surface area contributed by atoms with Crippen LogP contribution in [0.25, 0.3) is 0 Å². The van der Waals surface area contributed by atoms with Crippen LogP contribution in [0.15, 0.2) is 0 Å². The van der Waals surface area contributed by atoms with Crippen molar-refractivity contribution in [2.45, 2.75) is 13.0 Å². The van der Waals surface area contributed by atoms with E-state index in [-0.39, 0.29) is 6.10 Å². The molecule has 60 valence electrons. The molecule has 3 heteroatoms. The summed E-state index contributed by atoms with van der Waals surface area (Å²) in [5, 5.41) is 8.32. The largest absolute Gasteiger partial charge is 0.388 e. The van der Waals surface area contributed by atoms with Gasteiger partial charge in [0.1, 0.15) is 6.10 Å². The fourth-order valence-corrected chi connectivity index (χ4v) is 0.577. The molecule has 2 saturated heterocycles. The van der Waals surface area contributed by atoms with E-state index in [0.717, 1.165) is 19.1 Å². The molecule has 0 atom stereocenters. The Labute approximate surface area is 60.9 Å². The van der Waals surface area contributed by atoms with Crippen LogP contribution < -0.4 is 0 Å². The molecule has 0 aliphatic carbocycles. The van der Waals surface area contributed by atoms with Crippen molar-refractivity contribution in [2.75, 3.05) is 26.4 Å². The van der Waals surface area contributed by atoms with Gasteiger partial charge in [0.2, 0.25) is 0 Å². The van der Waals surface area contributed by atoms with E-state index in [0.29, 0.717) is 13.2 Å². The predicted molar refractivity (Wildman–Crippen MR) is 36.8 cm³/mol. The third-order valence-corrected chi connectivity index (χ3v) is 1.43. The van der Waals surface area contributed by atoms with Crippen molar-refractivity contribution in [3.63, 3.8) is 0 Å². The molecule has 0 spiro atoms. The Balaban J connectivity index is 0.0000001000. The van der Waals surface area contributed by atoms with Gasteiger partial charge in [-0.15, -0.1) is 0 Å². The monoisotopic (exact) mass is 146 g/mol. The first-order valence-corrected chi connectivity index (χ1v) is 3.62. The van der Waals surface area contributed by atoms with E-state index in [9.17, 15) is 0 Å². The molecule has 2 fully saturated rings. The Morgan fingerprint density at radius 2 is 1.40 bits per heavy atom. The number of hydrogen-bond acceptors (Lipinski definition) is 3. The summed E-state index contributed by atoms with van der Waals surface area (Å²) in [6, 6.07) is 0. The Morgan fingerprint density at radius 3 is 1.40 bits per heavy atom. The van der Waals surface area contributed by atoms with Gasteiger partial charge in [-0.25, -0.2) is 0 Å². The lowest BCUT2D eigenvalue weighted by molar-refractivity contribution is -0.0936. The summed E-state index contributed by atoms with van der Waals surface area (Å²) in [5.41, 5.74) is 0. The van der Waals surface area contributed by atoms with Crippen LogP contribution in [0.1, 0.15) is 6.92 Å². The molecule has 2 heterocycles. The molecule has 2 aliphatic heterocycles. The zero-order valence-corrected chi connectivity index (χ0v) is 6.25. The van der Waals surface area contributed by atoms with Crippen LogP contribution in [0.4, 0.5) is 0 Å². The smallest absolute Gasteiger partial charge is 0.101 e. The maximum absolute atomic E-state index is 8.32. The van der Waals surface area contributed by atoms with Crippen molar-refractivity contribution < 1.29 is 14.6 Å². The highest BCUT2D eigenvalue weighted by atomic mass is 16.5. The van der Waals surface area contributed by atoms with Gasteiger partial charge in [0.05, 0.1) is 26.4 Å². The van der Waals surface area contributed by atoms with Gasteiger partial charge in [0.15, 0.2) is 0 Å². The molecule has 0 saturated carbocycles. The Kier molecular flexibility index (Phi) is 3.12. The summed E-state index contributed by atoms with van der Waals surface area (Å²) in [6.45, 7) is 5.24. The molecule has 0 aromatic carbocycles. The highest BCUT2D eigenvalue weighted by Gasteiger charge is 2.12. The fourth-order valence-electron chi connectivity index (χ4n) is 0.577. The molecule has 0 unspecified atom stereocenters. The van der Waals surface area contributed by atoms with E-state index in [1.807, 2.05) is 0 Å². The summed E-state index contributed by atoms with van der Waals surface area (Å²) in [7, 11) is 0. The summed E-state index contributed by atoms with van der Waals surface area (Å²) >= 11 is 0. The highest BCUT2D eigenvalue weighted by Crippen LogP contribution is 2.05. The second kappa shape index (κ2) is 3.91. The highest BCUT2D eigenvalue weighted by molar-refractivity contribution is 4.59. The first kappa shape index (κ1) is 7.98. The van der Waals surface area contributed by atoms with Gasteiger partial charge < -0.3 is 14.6 Å². The summed E-state index contributed by atoms with van der Waals surface area (Å²) in [6.07, 6.45) is -0.157. The molecule has 2 rings (SSSR count). The van der Waals surface area contributed by atoms with E-state index >= 15 is 0 Å². The summed E-state index contributed by atoms with van der Waals surface area (Å²) in [5.74, 6) is 0.843. The first-order chi connectivity index (χ1) is 4.79. The van der Waals surface area contributed by atoms with E-state index in [2.05, 4.69) is 11.7 Å². The lowest BCUT2D eigenvalue weighted by Gasteiger charge is -2.20. The molecule has 0 aromatic heterocycles. The molecule has 0 amide bonds. The fraction of sp³-hybridized carbons (Fsp3) is 1.00. The van der Waals surface area contributed by atoms with Crippen LogP contribution in [-0.4, -0.2) is 37.6 Å². The quantitative estimate of drug-likeness (QED) is 0.524. The minimum absolute atomic E-state index is 0.157. The van der Waals surface area contributed by atoms with Gasteiger partial charge in [-0.3, -0.25) is 0 Å². The van der Waals surface area contributed by atoms with Gasteiger partial charge in [0.25, 0.3) is 0 Å². The van der Waals surface area contributed by atoms with Crippen molar-refractivity contribution >= 4 is 0 Å². The lowest BCUT2D eigenvalue weighted by Crippen LogP contribution is -2.32. The molecular formula is C7H14O3. The number of ether oxygens (including phenoxy) is 2. The third kappa shape index (κ3) is 2.64. The summed E-state index contributed by atoms with van der Waals surface area (Å²) < 4.78 is 9.42. The number of aliphatic hydroxyl groups is 1. The van der Waals surface area contributed by atoms with Gasteiger partial charge in [-0.1, -0.05) is 6.92 Å². The Bertz CT molecular complexity index is 74.9. The topological polar surface area (TPSA) is 38.7 Å². The molecule has 2 aliphatic rings. The number of rotatable bonds is 0. The molecule has 10 heavy (non-hydrogen) atoms. The molecule has 0 bridgehead atoms. The molecule has 1 N–H and O–H groups in total. The predicted octanol–water partition coefficient (Wildman–Crippen LogP) is 0.0302. The number of hydrogen-bond donors (Lipinski definition) is 1. The number of aliphatic hydroxyl groups excluding tert-OH is 1. The van der Waals surface area contributed by atoms with E-state index in [4.69, 9.17) is 9.84 Å². The van der Waals surface area contributed by atoms with Crippen molar-refractivity contribution in [3.05, 3.63) is 0 Å². The van der Waals surface area contributed by atoms with Crippen molar-refractivity contribution in [2.24, 2.45) is 5.92 Å². The van der Waals surface area contributed by atoms with Gasteiger partial charge in [-0.2, -0.15) is 0 Å². The van der Waals surface area contributed by atoms with Gasteiger partial charge >= 0.3 is 0 Å². The average Bonchev–Trinajstić information content (AvgIpc) is 1.80. The van der Waals surface area contributed by atoms with Gasteiger partial charge in [0, 0.05) is 5.92 Å². The summed E-state index contributed by atoms with van der Waals surface area (Å²) in [4.78, 5) is 0. The zero-order valence-electron chi connectivity index (χ0n) is 6.25. The first-order valence-electron chi connectivity index (χ1n) is 3.62. The van der Waals surface area contributed by atoms with Crippen molar-refractivity contribution in [3.8, 4) is 0 Å². The average molecular weight is 146 g/mol. The normalized spacial score (nSPS) is 25.8.